The Labute approximate surface area is 191 Å². The molecule has 1 aromatic carbocycles. The van der Waals surface area contributed by atoms with Gasteiger partial charge in [0.25, 0.3) is 0 Å². The summed E-state index contributed by atoms with van der Waals surface area (Å²) in [6, 6.07) is 14.3. The number of pyridine rings is 1. The largest absolute Gasteiger partial charge is 0.354 e. The Hall–Kier alpha value is -3.96. The van der Waals surface area contributed by atoms with Crippen molar-refractivity contribution in [2.45, 2.75) is 32.2 Å². The summed E-state index contributed by atoms with van der Waals surface area (Å²) in [5.74, 6) is 0.480. The predicted octanol–water partition coefficient (Wildman–Crippen LogP) is 4.94. The zero-order chi connectivity index (χ0) is 23.6. The molecule has 0 spiro atoms. The number of benzene rings is 1. The van der Waals surface area contributed by atoms with Gasteiger partial charge in [0, 0.05) is 23.4 Å². The van der Waals surface area contributed by atoms with Gasteiger partial charge in [0.05, 0.1) is 40.8 Å². The van der Waals surface area contributed by atoms with Gasteiger partial charge in [-0.3, -0.25) is 9.97 Å². The van der Waals surface area contributed by atoms with Crippen molar-refractivity contribution in [3.05, 3.63) is 71.8 Å². The van der Waals surface area contributed by atoms with Crippen LogP contribution in [0.1, 0.15) is 36.8 Å². The molecule has 0 amide bonds. The van der Waals surface area contributed by atoms with Gasteiger partial charge in [-0.05, 0) is 38.5 Å². The van der Waals surface area contributed by atoms with Gasteiger partial charge in [-0.15, -0.1) is 0 Å². The van der Waals surface area contributed by atoms with Crippen molar-refractivity contribution in [3.8, 4) is 40.0 Å². The van der Waals surface area contributed by atoms with Gasteiger partial charge in [-0.1, -0.05) is 29.4 Å². The number of halogens is 1. The molecular formula is C25H23FN6O. The average Bonchev–Trinajstić information content (AvgIpc) is 3.34. The van der Waals surface area contributed by atoms with Gasteiger partial charge >= 0.3 is 0 Å². The summed E-state index contributed by atoms with van der Waals surface area (Å²) in [5, 5.41) is 13.6. The molecule has 1 atom stereocenters. The summed E-state index contributed by atoms with van der Waals surface area (Å²) < 4.78 is 18.4. The zero-order valence-corrected chi connectivity index (χ0v) is 18.6. The van der Waals surface area contributed by atoms with Crippen LogP contribution in [0.25, 0.3) is 34.0 Å². The second-order valence-corrected chi connectivity index (χ2v) is 8.32. The number of rotatable bonds is 6. The molecule has 0 saturated carbocycles. The molecule has 8 heteroatoms. The molecular weight excluding hydrogens is 419 g/mol. The maximum atomic E-state index is 12.8. The van der Waals surface area contributed by atoms with E-state index in [1.807, 2.05) is 45.0 Å². The molecule has 0 aliphatic rings. The molecule has 4 aromatic rings. The highest BCUT2D eigenvalue weighted by molar-refractivity contribution is 5.68. The van der Waals surface area contributed by atoms with E-state index in [1.54, 1.807) is 30.6 Å². The normalized spacial score (nSPS) is 12.4. The molecule has 1 unspecified atom stereocenters. The van der Waals surface area contributed by atoms with E-state index in [4.69, 9.17) is 15.2 Å². The molecule has 0 bridgehead atoms. The standard InChI is InChI=1S/C25H23FN6O/c1-15-24(22-11-20(32-33-22)17-6-4-16(5-7-17)19(28)12-26)31-21(13-30-15)18-8-9-29-23(10-18)25(2,3)14-27/h4-11,13,19H,12,28H2,1-3H3. The summed E-state index contributed by atoms with van der Waals surface area (Å²) in [7, 11) is 0. The topological polar surface area (TPSA) is 115 Å². The number of aromatic nitrogens is 4. The van der Waals surface area contributed by atoms with Crippen molar-refractivity contribution >= 4 is 0 Å². The number of nitrogens with zero attached hydrogens (tertiary/aromatic N) is 5. The number of hydrogen-bond acceptors (Lipinski definition) is 7. The van der Waals surface area contributed by atoms with Crippen LogP contribution in [0.5, 0.6) is 0 Å². The minimum absolute atomic E-state index is 0.480. The molecule has 4 rings (SSSR count). The lowest BCUT2D eigenvalue weighted by Gasteiger charge is -2.15. The number of nitrogens with two attached hydrogens (primary N) is 1. The van der Waals surface area contributed by atoms with Gasteiger partial charge in [-0.25, -0.2) is 9.37 Å². The van der Waals surface area contributed by atoms with Crippen LogP contribution in [0.15, 0.2) is 59.4 Å². The second kappa shape index (κ2) is 8.88. The van der Waals surface area contributed by atoms with E-state index in [0.29, 0.717) is 34.2 Å². The van der Waals surface area contributed by atoms with Crippen LogP contribution in [-0.2, 0) is 5.41 Å². The fourth-order valence-electron chi connectivity index (χ4n) is 3.32. The maximum absolute atomic E-state index is 12.8. The minimum atomic E-state index is -0.722. The zero-order valence-electron chi connectivity index (χ0n) is 18.6. The number of hydrogen-bond donors (Lipinski definition) is 1. The van der Waals surface area contributed by atoms with E-state index in [0.717, 1.165) is 16.7 Å². The van der Waals surface area contributed by atoms with Gasteiger partial charge < -0.3 is 10.3 Å². The van der Waals surface area contributed by atoms with Crippen LogP contribution in [0.2, 0.25) is 0 Å². The van der Waals surface area contributed by atoms with E-state index < -0.39 is 18.1 Å². The highest BCUT2D eigenvalue weighted by Gasteiger charge is 2.22. The lowest BCUT2D eigenvalue weighted by Crippen LogP contribution is -2.15. The van der Waals surface area contributed by atoms with Gasteiger partial charge in [0.1, 0.15) is 18.1 Å². The Morgan fingerprint density at radius 3 is 2.55 bits per heavy atom. The fraction of sp³-hybridized carbons (Fsp3) is 0.240. The fourth-order valence-corrected chi connectivity index (χ4v) is 3.32. The van der Waals surface area contributed by atoms with Crippen molar-refractivity contribution in [2.24, 2.45) is 5.73 Å². The van der Waals surface area contributed by atoms with E-state index >= 15 is 0 Å². The summed E-state index contributed by atoms with van der Waals surface area (Å²) in [6.45, 7) is 4.87. The first-order chi connectivity index (χ1) is 15.8. The van der Waals surface area contributed by atoms with Crippen molar-refractivity contribution in [2.75, 3.05) is 6.67 Å². The van der Waals surface area contributed by atoms with Crippen LogP contribution in [0, 0.1) is 18.3 Å². The van der Waals surface area contributed by atoms with Crippen molar-refractivity contribution in [3.63, 3.8) is 0 Å². The number of alkyl halides is 1. The molecule has 2 N–H and O–H groups in total. The molecule has 3 aromatic heterocycles. The Morgan fingerprint density at radius 1 is 1.09 bits per heavy atom. The van der Waals surface area contributed by atoms with E-state index in [2.05, 4.69) is 21.2 Å². The highest BCUT2D eigenvalue weighted by Crippen LogP contribution is 2.30. The highest BCUT2D eigenvalue weighted by atomic mass is 19.1. The molecule has 3 heterocycles. The minimum Gasteiger partial charge on any atom is -0.354 e. The average molecular weight is 442 g/mol. The Balaban J connectivity index is 1.67. The third kappa shape index (κ3) is 4.49. The molecule has 0 fully saturated rings. The van der Waals surface area contributed by atoms with E-state index in [1.165, 1.54) is 0 Å². The van der Waals surface area contributed by atoms with E-state index in [9.17, 15) is 9.65 Å². The Kier molecular flexibility index (Phi) is 5.99. The molecule has 7 nitrogen and oxygen atoms in total. The van der Waals surface area contributed by atoms with Crippen molar-refractivity contribution in [1.82, 2.24) is 20.1 Å². The summed E-state index contributed by atoms with van der Waals surface area (Å²) in [6.07, 6.45) is 3.34. The van der Waals surface area contributed by atoms with Crippen LogP contribution < -0.4 is 5.73 Å². The Morgan fingerprint density at radius 2 is 1.85 bits per heavy atom. The third-order valence-electron chi connectivity index (χ3n) is 5.48. The number of nitriles is 1. The second-order valence-electron chi connectivity index (χ2n) is 8.32. The molecule has 166 valence electrons. The van der Waals surface area contributed by atoms with Crippen LogP contribution in [0.3, 0.4) is 0 Å². The van der Waals surface area contributed by atoms with Crippen LogP contribution >= 0.6 is 0 Å². The lowest BCUT2D eigenvalue weighted by atomic mass is 9.90. The molecule has 0 aliphatic heterocycles. The monoisotopic (exact) mass is 442 g/mol. The number of aryl methyl sites for hydroxylation is 1. The van der Waals surface area contributed by atoms with Crippen LogP contribution in [-0.4, -0.2) is 26.8 Å². The van der Waals surface area contributed by atoms with Crippen molar-refractivity contribution in [1.29, 1.82) is 5.26 Å². The predicted molar refractivity (Wildman–Crippen MR) is 122 cm³/mol. The smallest absolute Gasteiger partial charge is 0.187 e. The molecule has 33 heavy (non-hydrogen) atoms. The summed E-state index contributed by atoms with van der Waals surface area (Å²) in [5.41, 5.74) is 10.5. The summed E-state index contributed by atoms with van der Waals surface area (Å²) in [4.78, 5) is 13.6. The first kappa shape index (κ1) is 22.2. The first-order valence-corrected chi connectivity index (χ1v) is 10.4. The molecule has 0 saturated heterocycles. The summed E-state index contributed by atoms with van der Waals surface area (Å²) >= 11 is 0. The first-order valence-electron chi connectivity index (χ1n) is 10.4. The lowest BCUT2D eigenvalue weighted by molar-refractivity contribution is 0.433. The van der Waals surface area contributed by atoms with Gasteiger partial charge in [0.15, 0.2) is 5.76 Å². The SMILES string of the molecule is Cc1ncc(-c2ccnc(C(C)(C)C#N)c2)nc1-c1cc(-c2ccc(C(N)CF)cc2)no1. The Bertz CT molecular complexity index is 1320. The quantitative estimate of drug-likeness (QED) is 0.450. The third-order valence-corrected chi connectivity index (χ3v) is 5.48. The maximum Gasteiger partial charge on any atom is 0.187 e. The molecule has 0 radical (unpaired) electrons. The molecule has 0 aliphatic carbocycles. The van der Waals surface area contributed by atoms with Crippen molar-refractivity contribution < 1.29 is 8.91 Å². The van der Waals surface area contributed by atoms with E-state index in [-0.39, 0.29) is 0 Å². The van der Waals surface area contributed by atoms with Gasteiger partial charge in [0.2, 0.25) is 0 Å². The van der Waals surface area contributed by atoms with Gasteiger partial charge in [-0.2, -0.15) is 5.26 Å². The van der Waals surface area contributed by atoms with Crippen LogP contribution in [0.4, 0.5) is 4.39 Å².